The molecule has 0 aromatic carbocycles. The van der Waals surface area contributed by atoms with Gasteiger partial charge in [0.2, 0.25) is 0 Å². The smallest absolute Gasteiger partial charge is 0.251 e. The number of rotatable bonds is 4. The number of nitrogens with one attached hydrogen (secondary N) is 2. The second-order valence-corrected chi connectivity index (χ2v) is 4.12. The van der Waals surface area contributed by atoms with E-state index in [1.165, 1.54) is 7.11 Å². The van der Waals surface area contributed by atoms with Crippen molar-refractivity contribution in [1.82, 2.24) is 10.3 Å². The first-order chi connectivity index (χ1) is 8.79. The normalized spacial score (nSPS) is 15.5. The number of amides is 1. The van der Waals surface area contributed by atoms with Gasteiger partial charge in [-0.25, -0.2) is 4.98 Å². The zero-order valence-electron chi connectivity index (χ0n) is 10.5. The van der Waals surface area contributed by atoms with Gasteiger partial charge in [-0.15, -0.1) is 0 Å². The van der Waals surface area contributed by atoms with Gasteiger partial charge in [0, 0.05) is 33.3 Å². The summed E-state index contributed by atoms with van der Waals surface area (Å²) in [6.45, 7) is 3.99. The van der Waals surface area contributed by atoms with Crippen LogP contribution < -0.4 is 15.5 Å². The van der Waals surface area contributed by atoms with Crippen molar-refractivity contribution in [2.24, 2.45) is 0 Å². The molecule has 2 heterocycles. The van der Waals surface area contributed by atoms with Gasteiger partial charge in [0.25, 0.3) is 5.91 Å². The third-order valence-corrected chi connectivity index (χ3v) is 2.77. The summed E-state index contributed by atoms with van der Waals surface area (Å²) in [6, 6.07) is 3.78. The van der Waals surface area contributed by atoms with E-state index in [1.807, 2.05) is 12.1 Å². The van der Waals surface area contributed by atoms with Crippen LogP contribution in [0.3, 0.4) is 0 Å². The van der Waals surface area contributed by atoms with Crippen molar-refractivity contribution in [3.63, 3.8) is 0 Å². The van der Waals surface area contributed by atoms with Gasteiger partial charge < -0.3 is 20.3 Å². The molecule has 0 atom stereocenters. The number of aromatic nitrogens is 1. The second kappa shape index (κ2) is 6.32. The van der Waals surface area contributed by atoms with Gasteiger partial charge in [-0.2, -0.15) is 0 Å². The molecule has 1 fully saturated rings. The van der Waals surface area contributed by atoms with Gasteiger partial charge in [0.15, 0.2) is 0 Å². The number of methoxy groups -OCH3 is 1. The maximum absolute atomic E-state index is 11.3. The fourth-order valence-corrected chi connectivity index (χ4v) is 1.88. The Morgan fingerprint density at radius 1 is 1.50 bits per heavy atom. The van der Waals surface area contributed by atoms with E-state index in [0.29, 0.717) is 5.82 Å². The highest BCUT2D eigenvalue weighted by atomic mass is 16.5. The zero-order valence-corrected chi connectivity index (χ0v) is 10.5. The summed E-state index contributed by atoms with van der Waals surface area (Å²) in [5.74, 6) is 0.357. The van der Waals surface area contributed by atoms with E-state index in [1.54, 1.807) is 6.20 Å². The number of hydrogen-bond acceptors (Lipinski definition) is 5. The molecule has 0 aliphatic carbocycles. The first-order valence-corrected chi connectivity index (χ1v) is 6.00. The van der Waals surface area contributed by atoms with E-state index < -0.39 is 0 Å². The molecule has 6 heteroatoms. The maximum atomic E-state index is 11.3. The van der Waals surface area contributed by atoms with Crippen LogP contribution in [-0.4, -0.2) is 50.8 Å². The molecule has 1 saturated heterocycles. The highest BCUT2D eigenvalue weighted by molar-refractivity contribution is 5.90. The van der Waals surface area contributed by atoms with Crippen molar-refractivity contribution in [3.8, 4) is 0 Å². The second-order valence-electron chi connectivity index (χ2n) is 4.12. The van der Waals surface area contributed by atoms with Crippen LogP contribution >= 0.6 is 0 Å². The van der Waals surface area contributed by atoms with Crippen LogP contribution in [0.5, 0.6) is 0 Å². The van der Waals surface area contributed by atoms with E-state index in [9.17, 15) is 4.79 Å². The molecule has 0 bridgehead atoms. The van der Waals surface area contributed by atoms with E-state index in [-0.39, 0.29) is 12.5 Å². The van der Waals surface area contributed by atoms with Gasteiger partial charge in [0.1, 0.15) is 12.4 Å². The summed E-state index contributed by atoms with van der Waals surface area (Å²) in [4.78, 5) is 17.8. The molecule has 18 heavy (non-hydrogen) atoms. The first-order valence-electron chi connectivity index (χ1n) is 6.00. The Morgan fingerprint density at radius 3 is 2.89 bits per heavy atom. The van der Waals surface area contributed by atoms with Crippen LogP contribution in [0, 0.1) is 0 Å². The summed E-state index contributed by atoms with van der Waals surface area (Å²) < 4.78 is 4.74. The first kappa shape index (κ1) is 12.8. The highest BCUT2D eigenvalue weighted by Crippen LogP contribution is 2.15. The van der Waals surface area contributed by atoms with Crippen LogP contribution in [0.2, 0.25) is 0 Å². The summed E-state index contributed by atoms with van der Waals surface area (Å²) >= 11 is 0. The number of carbonyl (C=O) groups excluding carboxylic acids is 1. The van der Waals surface area contributed by atoms with Crippen molar-refractivity contribution < 1.29 is 9.53 Å². The van der Waals surface area contributed by atoms with E-state index in [0.717, 1.165) is 31.9 Å². The van der Waals surface area contributed by atoms with Crippen molar-refractivity contribution in [1.29, 1.82) is 0 Å². The maximum Gasteiger partial charge on any atom is 0.251 e. The third kappa shape index (κ3) is 3.41. The van der Waals surface area contributed by atoms with E-state index in [2.05, 4.69) is 20.5 Å². The zero-order chi connectivity index (χ0) is 12.8. The molecule has 2 N–H and O–H groups in total. The summed E-state index contributed by atoms with van der Waals surface area (Å²) in [5.41, 5.74) is 1.08. The van der Waals surface area contributed by atoms with Crippen LogP contribution in [0.25, 0.3) is 0 Å². The standard InChI is InChI=1S/C12H18N4O2/c1-18-9-12(17)15-11-3-2-10(8-14-11)16-6-4-13-5-7-16/h2-3,8,13H,4-7,9H2,1H3,(H,14,15,17). The van der Waals surface area contributed by atoms with Gasteiger partial charge in [-0.3, -0.25) is 4.79 Å². The Hall–Kier alpha value is -1.66. The van der Waals surface area contributed by atoms with Gasteiger partial charge in [-0.05, 0) is 12.1 Å². The lowest BCUT2D eigenvalue weighted by Crippen LogP contribution is -2.43. The number of anilines is 2. The summed E-state index contributed by atoms with van der Waals surface area (Å²) in [6.07, 6.45) is 1.79. The van der Waals surface area contributed by atoms with Crippen LogP contribution in [0.1, 0.15) is 0 Å². The molecule has 6 nitrogen and oxygen atoms in total. The molecule has 0 spiro atoms. The summed E-state index contributed by atoms with van der Waals surface area (Å²) in [5, 5.41) is 5.97. The Morgan fingerprint density at radius 2 is 2.28 bits per heavy atom. The average molecular weight is 250 g/mol. The predicted molar refractivity (Wildman–Crippen MR) is 69.8 cm³/mol. The molecule has 1 aromatic heterocycles. The number of piperazine rings is 1. The molecular weight excluding hydrogens is 232 g/mol. The molecule has 0 unspecified atom stereocenters. The Bertz CT molecular complexity index is 388. The minimum absolute atomic E-state index is 0.0429. The van der Waals surface area contributed by atoms with E-state index in [4.69, 9.17) is 4.74 Å². The lowest BCUT2D eigenvalue weighted by atomic mass is 10.3. The fourth-order valence-electron chi connectivity index (χ4n) is 1.88. The monoisotopic (exact) mass is 250 g/mol. The highest BCUT2D eigenvalue weighted by Gasteiger charge is 2.10. The van der Waals surface area contributed by atoms with Crippen molar-refractivity contribution >= 4 is 17.4 Å². The van der Waals surface area contributed by atoms with Crippen LogP contribution in [-0.2, 0) is 9.53 Å². The van der Waals surface area contributed by atoms with E-state index >= 15 is 0 Å². The quantitative estimate of drug-likeness (QED) is 0.792. The molecule has 98 valence electrons. The van der Waals surface area contributed by atoms with Crippen molar-refractivity contribution in [2.75, 3.05) is 50.1 Å². The molecule has 0 radical (unpaired) electrons. The molecule has 1 aliphatic heterocycles. The van der Waals surface area contributed by atoms with Gasteiger partial charge in [0.05, 0.1) is 11.9 Å². The molecule has 1 aliphatic rings. The minimum atomic E-state index is -0.195. The minimum Gasteiger partial charge on any atom is -0.375 e. The number of nitrogens with zero attached hydrogens (tertiary/aromatic N) is 2. The molecular formula is C12H18N4O2. The number of ether oxygens (including phenoxy) is 1. The average Bonchev–Trinajstić information content (AvgIpc) is 2.41. The van der Waals surface area contributed by atoms with Crippen LogP contribution in [0.4, 0.5) is 11.5 Å². The number of hydrogen-bond donors (Lipinski definition) is 2. The number of pyridine rings is 1. The fraction of sp³-hybridized carbons (Fsp3) is 0.500. The van der Waals surface area contributed by atoms with Crippen molar-refractivity contribution in [3.05, 3.63) is 18.3 Å². The van der Waals surface area contributed by atoms with Gasteiger partial charge >= 0.3 is 0 Å². The largest absolute Gasteiger partial charge is 0.375 e. The molecule has 0 saturated carbocycles. The SMILES string of the molecule is COCC(=O)Nc1ccc(N2CCNCC2)cn1. The van der Waals surface area contributed by atoms with Crippen molar-refractivity contribution in [2.45, 2.75) is 0 Å². The lowest BCUT2D eigenvalue weighted by molar-refractivity contribution is -0.119. The topological polar surface area (TPSA) is 66.5 Å². The van der Waals surface area contributed by atoms with Gasteiger partial charge in [-0.1, -0.05) is 0 Å². The Kier molecular flexibility index (Phi) is 4.49. The Labute approximate surface area is 106 Å². The summed E-state index contributed by atoms with van der Waals surface area (Å²) in [7, 11) is 1.49. The third-order valence-electron chi connectivity index (χ3n) is 2.77. The molecule has 1 aromatic rings. The van der Waals surface area contributed by atoms with Crippen LogP contribution in [0.15, 0.2) is 18.3 Å². The predicted octanol–water partition coefficient (Wildman–Crippen LogP) is 0.0761. The molecule has 1 amide bonds. The number of carbonyl (C=O) groups is 1. The molecule has 2 rings (SSSR count). The Balaban J connectivity index is 1.94. The lowest BCUT2D eigenvalue weighted by Gasteiger charge is -2.29.